The first-order chi connectivity index (χ1) is 33.0. The molecule has 0 saturated heterocycles. The van der Waals surface area contributed by atoms with Gasteiger partial charge in [0.25, 0.3) is 0 Å². The van der Waals surface area contributed by atoms with Crippen molar-refractivity contribution in [3.05, 3.63) is 134 Å². The van der Waals surface area contributed by atoms with Crippen molar-refractivity contribution < 1.29 is 28.6 Å². The second-order valence-electron chi connectivity index (χ2n) is 17.0. The molecule has 1 atom stereocenters. The van der Waals surface area contributed by atoms with E-state index in [9.17, 15) is 14.4 Å². The van der Waals surface area contributed by atoms with Gasteiger partial charge in [-0.3, -0.25) is 14.4 Å². The molecule has 0 N–H and O–H groups in total. The molecular weight excluding hydrogens is 829 g/mol. The monoisotopic (exact) mass is 925 g/mol. The van der Waals surface area contributed by atoms with Crippen molar-refractivity contribution in [2.75, 3.05) is 13.2 Å². The first kappa shape index (κ1) is 62.5. The lowest BCUT2D eigenvalue weighted by Gasteiger charge is -2.18. The van der Waals surface area contributed by atoms with E-state index in [2.05, 4.69) is 142 Å². The summed E-state index contributed by atoms with van der Waals surface area (Å²) in [7, 11) is 0. The Morgan fingerprint density at radius 1 is 0.313 bits per heavy atom. The molecule has 6 nitrogen and oxygen atoms in total. The molecule has 0 aromatic heterocycles. The van der Waals surface area contributed by atoms with E-state index in [0.29, 0.717) is 12.8 Å². The van der Waals surface area contributed by atoms with E-state index < -0.39 is 6.10 Å². The number of rotatable bonds is 46. The van der Waals surface area contributed by atoms with E-state index in [1.165, 1.54) is 38.5 Å². The van der Waals surface area contributed by atoms with Gasteiger partial charge in [-0.05, 0) is 122 Å². The van der Waals surface area contributed by atoms with Crippen molar-refractivity contribution in [2.45, 2.75) is 219 Å². The molecule has 0 fully saturated rings. The van der Waals surface area contributed by atoms with Gasteiger partial charge in [-0.1, -0.05) is 206 Å². The summed E-state index contributed by atoms with van der Waals surface area (Å²) in [6.07, 6.45) is 75.9. The van der Waals surface area contributed by atoms with Crippen LogP contribution in [0.4, 0.5) is 0 Å². The molecule has 1 unspecified atom stereocenters. The van der Waals surface area contributed by atoms with Crippen molar-refractivity contribution in [3.8, 4) is 0 Å². The quantitative estimate of drug-likeness (QED) is 0.0262. The molecule has 67 heavy (non-hydrogen) atoms. The molecule has 0 aromatic rings. The van der Waals surface area contributed by atoms with Crippen LogP contribution in [0.5, 0.6) is 0 Å². The third kappa shape index (κ3) is 52.4. The number of esters is 3. The maximum Gasteiger partial charge on any atom is 0.306 e. The Morgan fingerprint density at radius 3 is 1.00 bits per heavy atom. The Hall–Kier alpha value is -4.45. The lowest BCUT2D eigenvalue weighted by atomic mass is 10.1. The van der Waals surface area contributed by atoms with E-state index in [0.717, 1.165) is 128 Å². The third-order valence-corrected chi connectivity index (χ3v) is 10.6. The zero-order valence-corrected chi connectivity index (χ0v) is 42.9. The molecule has 0 spiro atoms. The number of hydrogen-bond donors (Lipinski definition) is 0. The lowest BCUT2D eigenvalue weighted by molar-refractivity contribution is -0.166. The summed E-state index contributed by atoms with van der Waals surface area (Å²) < 4.78 is 16.7. The summed E-state index contributed by atoms with van der Waals surface area (Å²) >= 11 is 0. The molecule has 0 heterocycles. The number of hydrogen-bond acceptors (Lipinski definition) is 6. The number of carbonyl (C=O) groups excluding carboxylic acids is 3. The summed E-state index contributed by atoms with van der Waals surface area (Å²) in [5.41, 5.74) is 0. The number of unbranched alkanes of at least 4 members (excludes halogenated alkanes) is 13. The van der Waals surface area contributed by atoms with Crippen molar-refractivity contribution in [3.63, 3.8) is 0 Å². The second-order valence-corrected chi connectivity index (χ2v) is 17.0. The minimum atomic E-state index is -0.830. The Kier molecular flexibility index (Phi) is 50.6. The van der Waals surface area contributed by atoms with E-state index in [1.54, 1.807) is 0 Å². The first-order valence-corrected chi connectivity index (χ1v) is 26.7. The molecule has 0 aliphatic rings. The molecule has 0 radical (unpaired) electrons. The van der Waals surface area contributed by atoms with Crippen LogP contribution in [0.2, 0.25) is 0 Å². The van der Waals surface area contributed by atoms with E-state index >= 15 is 0 Å². The highest BCUT2D eigenvalue weighted by atomic mass is 16.6. The second kappa shape index (κ2) is 54.2. The van der Waals surface area contributed by atoms with Gasteiger partial charge in [-0.25, -0.2) is 0 Å². The molecule has 0 aromatic carbocycles. The molecule has 0 bridgehead atoms. The Balaban J connectivity index is 4.54. The van der Waals surface area contributed by atoms with Gasteiger partial charge in [-0.2, -0.15) is 0 Å². The number of ether oxygens (including phenoxy) is 3. The molecule has 6 heteroatoms. The Bertz CT molecular complexity index is 1480. The van der Waals surface area contributed by atoms with Gasteiger partial charge >= 0.3 is 17.9 Å². The highest BCUT2D eigenvalue weighted by Gasteiger charge is 2.19. The van der Waals surface area contributed by atoms with E-state index in [1.807, 2.05) is 12.2 Å². The van der Waals surface area contributed by atoms with Crippen molar-refractivity contribution in [1.82, 2.24) is 0 Å². The largest absolute Gasteiger partial charge is 0.462 e. The summed E-state index contributed by atoms with van der Waals surface area (Å²) in [6.45, 7) is 6.27. The predicted octanol–water partition coefficient (Wildman–Crippen LogP) is 17.9. The summed E-state index contributed by atoms with van der Waals surface area (Å²) in [5.74, 6) is -1.05. The molecule has 0 rings (SSSR count). The molecule has 0 amide bonds. The van der Waals surface area contributed by atoms with Gasteiger partial charge in [0.2, 0.25) is 0 Å². The minimum Gasteiger partial charge on any atom is -0.462 e. The van der Waals surface area contributed by atoms with Gasteiger partial charge in [0.15, 0.2) is 6.10 Å². The number of allylic oxidation sites excluding steroid dienone is 22. The Morgan fingerprint density at radius 2 is 0.612 bits per heavy atom. The zero-order valence-electron chi connectivity index (χ0n) is 42.9. The highest BCUT2D eigenvalue weighted by Crippen LogP contribution is 2.12. The normalized spacial score (nSPS) is 13.2. The first-order valence-electron chi connectivity index (χ1n) is 26.7. The predicted molar refractivity (Wildman–Crippen MR) is 288 cm³/mol. The van der Waals surface area contributed by atoms with Crippen molar-refractivity contribution in [1.29, 1.82) is 0 Å². The summed E-state index contributed by atoms with van der Waals surface area (Å²) in [6, 6.07) is 0. The van der Waals surface area contributed by atoms with Crippen LogP contribution >= 0.6 is 0 Å². The fourth-order valence-corrected chi connectivity index (χ4v) is 6.69. The van der Waals surface area contributed by atoms with Gasteiger partial charge in [0.05, 0.1) is 0 Å². The molecule has 0 aliphatic heterocycles. The van der Waals surface area contributed by atoms with Crippen LogP contribution < -0.4 is 0 Å². The van der Waals surface area contributed by atoms with Gasteiger partial charge in [0, 0.05) is 19.3 Å². The molecule has 0 saturated carbocycles. The maximum atomic E-state index is 12.8. The van der Waals surface area contributed by atoms with Crippen LogP contribution in [-0.2, 0) is 28.6 Å². The minimum absolute atomic E-state index is 0.122. The summed E-state index contributed by atoms with van der Waals surface area (Å²) in [4.78, 5) is 38.0. The third-order valence-electron chi connectivity index (χ3n) is 10.6. The average molecular weight is 925 g/mol. The average Bonchev–Trinajstić information content (AvgIpc) is 3.33. The smallest absolute Gasteiger partial charge is 0.306 e. The van der Waals surface area contributed by atoms with Crippen LogP contribution in [0.15, 0.2) is 134 Å². The van der Waals surface area contributed by atoms with Gasteiger partial charge in [0.1, 0.15) is 13.2 Å². The zero-order chi connectivity index (χ0) is 48.6. The lowest BCUT2D eigenvalue weighted by Crippen LogP contribution is -2.30. The standard InChI is InChI=1S/C61H96O6/c1-4-7-10-13-16-19-22-25-27-29-30-32-33-36-39-42-45-48-51-54-60(63)66-57-58(56-65-59(62)53-50-47-44-41-38-35-24-21-18-15-12-9-6-3)67-61(64)55-52-49-46-43-40-37-34-31-28-26-23-20-17-14-11-8-5-2/h8-9,11-12,16-21,25-28,30,32,34-35,37-38,44,47,58H,4-7,10,13-15,22-24,29,31,33,36,39-43,45-46,48-57H2,1-3H3/b11-8-,12-9-,19-16-,20-17-,21-18-,27-25-,28-26-,32-30-,37-34-,38-35-,47-44-. The highest BCUT2D eigenvalue weighted by molar-refractivity contribution is 5.71. The summed E-state index contributed by atoms with van der Waals surface area (Å²) in [5, 5.41) is 0. The molecule has 376 valence electrons. The van der Waals surface area contributed by atoms with Crippen molar-refractivity contribution in [2.24, 2.45) is 0 Å². The van der Waals surface area contributed by atoms with Gasteiger partial charge < -0.3 is 14.2 Å². The number of carbonyl (C=O) groups is 3. The van der Waals surface area contributed by atoms with Gasteiger partial charge in [-0.15, -0.1) is 0 Å². The maximum absolute atomic E-state index is 12.8. The van der Waals surface area contributed by atoms with Crippen LogP contribution in [0, 0.1) is 0 Å². The topological polar surface area (TPSA) is 78.9 Å². The van der Waals surface area contributed by atoms with Crippen LogP contribution in [0.25, 0.3) is 0 Å². The van der Waals surface area contributed by atoms with Crippen LogP contribution in [-0.4, -0.2) is 37.2 Å². The molecular formula is C61H96O6. The SMILES string of the molecule is CC/C=C\C/C=C\C/C=C\C/C=C\CCCCCCC(=O)OC(COC(=O)CC/C=C\C/C=C\C/C=C\C/C=C\CC)COC(=O)CCCCCCCC/C=C\C/C=C\C/C=C\CCCCC. The van der Waals surface area contributed by atoms with E-state index in [4.69, 9.17) is 14.2 Å². The van der Waals surface area contributed by atoms with Crippen LogP contribution in [0.1, 0.15) is 213 Å². The van der Waals surface area contributed by atoms with Crippen LogP contribution in [0.3, 0.4) is 0 Å². The van der Waals surface area contributed by atoms with Crippen molar-refractivity contribution >= 4 is 17.9 Å². The fraction of sp³-hybridized carbons (Fsp3) is 0.590. The fourth-order valence-electron chi connectivity index (χ4n) is 6.69. The van der Waals surface area contributed by atoms with E-state index in [-0.39, 0.29) is 44.0 Å². The Labute approximate surface area is 411 Å². The molecule has 0 aliphatic carbocycles.